The zero-order valence-electron chi connectivity index (χ0n) is 18.4. The van der Waals surface area contributed by atoms with Gasteiger partial charge in [0.1, 0.15) is 17.4 Å². The van der Waals surface area contributed by atoms with Gasteiger partial charge in [0.15, 0.2) is 5.65 Å². The molecule has 3 aromatic rings. The Kier molecular flexibility index (Phi) is 7.15. The van der Waals surface area contributed by atoms with E-state index in [4.69, 9.17) is 0 Å². The molecule has 9 heteroatoms. The van der Waals surface area contributed by atoms with E-state index in [1.54, 1.807) is 16.6 Å². The summed E-state index contributed by atoms with van der Waals surface area (Å²) >= 11 is 0. The van der Waals surface area contributed by atoms with Crippen molar-refractivity contribution in [1.82, 2.24) is 24.8 Å². The topological polar surface area (TPSA) is 103 Å². The molecule has 0 aliphatic heterocycles. The lowest BCUT2D eigenvalue weighted by atomic mass is 10.1. The molecule has 0 spiro atoms. The molecular formula is C23H25FN6O2. The number of hydrogen-bond donors (Lipinski definition) is 1. The summed E-state index contributed by atoms with van der Waals surface area (Å²) in [5.41, 5.74) is 4.17. The third-order valence-electron chi connectivity index (χ3n) is 5.39. The number of hydrogen-bond acceptors (Lipinski definition) is 5. The highest BCUT2D eigenvalue weighted by Crippen LogP contribution is 2.18. The van der Waals surface area contributed by atoms with E-state index in [1.807, 2.05) is 20.8 Å². The maximum absolute atomic E-state index is 13.0. The summed E-state index contributed by atoms with van der Waals surface area (Å²) in [7, 11) is 0. The molecule has 0 aliphatic rings. The number of fused-ring (bicyclic) bond motifs is 1. The van der Waals surface area contributed by atoms with Gasteiger partial charge in [-0.3, -0.25) is 9.59 Å². The number of likely N-dealkylation sites (N-methyl/N-ethyl adjacent to an activating group) is 1. The van der Waals surface area contributed by atoms with E-state index in [9.17, 15) is 19.2 Å². The minimum atomic E-state index is -0.333. The van der Waals surface area contributed by atoms with E-state index in [1.165, 1.54) is 23.2 Å². The van der Waals surface area contributed by atoms with Gasteiger partial charge in [0.05, 0.1) is 12.7 Å². The lowest BCUT2D eigenvalue weighted by Gasteiger charge is -2.21. The number of aromatic nitrogens is 3. The number of halogens is 1. The van der Waals surface area contributed by atoms with Crippen LogP contribution in [0.25, 0.3) is 5.65 Å². The number of amides is 2. The van der Waals surface area contributed by atoms with Crippen molar-refractivity contribution in [3.05, 3.63) is 64.4 Å². The van der Waals surface area contributed by atoms with Crippen LogP contribution in [0, 0.1) is 31.0 Å². The van der Waals surface area contributed by atoms with E-state index in [-0.39, 0.29) is 37.1 Å². The first-order valence-corrected chi connectivity index (χ1v) is 10.4. The number of nitriles is 1. The Balaban J connectivity index is 1.60. The molecule has 3 rings (SSSR count). The first-order chi connectivity index (χ1) is 15.3. The van der Waals surface area contributed by atoms with E-state index in [0.717, 1.165) is 22.5 Å². The fourth-order valence-corrected chi connectivity index (χ4v) is 3.55. The predicted molar refractivity (Wildman–Crippen MR) is 116 cm³/mol. The monoisotopic (exact) mass is 436 g/mol. The molecule has 2 amide bonds. The average Bonchev–Trinajstić information content (AvgIpc) is 3.19. The Labute approximate surface area is 185 Å². The molecule has 0 unspecified atom stereocenters. The smallest absolute Gasteiger partial charge is 0.239 e. The number of carbonyl (C=O) groups excluding carboxylic acids is 2. The van der Waals surface area contributed by atoms with Crippen molar-refractivity contribution in [3.8, 4) is 6.07 Å². The lowest BCUT2D eigenvalue weighted by molar-refractivity contribution is -0.135. The molecule has 0 atom stereocenters. The van der Waals surface area contributed by atoms with Crippen LogP contribution in [0.1, 0.15) is 41.4 Å². The number of rotatable bonds is 8. The van der Waals surface area contributed by atoms with E-state index in [2.05, 4.69) is 21.5 Å². The second-order valence-corrected chi connectivity index (χ2v) is 7.48. The summed E-state index contributed by atoms with van der Waals surface area (Å²) in [5, 5.41) is 16.2. The molecule has 166 valence electrons. The van der Waals surface area contributed by atoms with Gasteiger partial charge in [0, 0.05) is 30.9 Å². The fraction of sp³-hybridized carbons (Fsp3) is 0.348. The summed E-state index contributed by atoms with van der Waals surface area (Å²) in [4.78, 5) is 31.0. The Bertz CT molecular complexity index is 1180. The molecule has 8 nitrogen and oxygen atoms in total. The summed E-state index contributed by atoms with van der Waals surface area (Å²) in [5.74, 6) is -0.747. The molecule has 0 bridgehead atoms. The van der Waals surface area contributed by atoms with Gasteiger partial charge in [0.25, 0.3) is 0 Å². The maximum Gasteiger partial charge on any atom is 0.239 e. The van der Waals surface area contributed by atoms with Crippen molar-refractivity contribution in [1.29, 1.82) is 5.26 Å². The Morgan fingerprint density at radius 1 is 1.25 bits per heavy atom. The molecule has 0 saturated heterocycles. The number of carbonyl (C=O) groups is 2. The van der Waals surface area contributed by atoms with Crippen LogP contribution in [0.15, 0.2) is 30.5 Å². The van der Waals surface area contributed by atoms with Gasteiger partial charge in [0.2, 0.25) is 11.8 Å². The van der Waals surface area contributed by atoms with Crippen LogP contribution in [0.3, 0.4) is 0 Å². The van der Waals surface area contributed by atoms with Gasteiger partial charge in [-0.1, -0.05) is 12.1 Å². The number of benzene rings is 1. The molecule has 0 saturated carbocycles. The van der Waals surface area contributed by atoms with Crippen molar-refractivity contribution in [2.75, 3.05) is 13.1 Å². The van der Waals surface area contributed by atoms with Gasteiger partial charge >= 0.3 is 0 Å². The van der Waals surface area contributed by atoms with E-state index >= 15 is 0 Å². The van der Waals surface area contributed by atoms with Crippen molar-refractivity contribution in [2.24, 2.45) is 0 Å². The predicted octanol–water partition coefficient (Wildman–Crippen LogP) is 2.45. The maximum atomic E-state index is 13.0. The molecule has 0 aliphatic carbocycles. The lowest BCUT2D eigenvalue weighted by Crippen LogP contribution is -2.40. The van der Waals surface area contributed by atoms with Crippen LogP contribution >= 0.6 is 0 Å². The number of nitrogens with zero attached hydrogens (tertiary/aromatic N) is 5. The van der Waals surface area contributed by atoms with Crippen LogP contribution in [0.4, 0.5) is 4.39 Å². The van der Waals surface area contributed by atoms with Crippen molar-refractivity contribution >= 4 is 17.5 Å². The van der Waals surface area contributed by atoms with Gasteiger partial charge < -0.3 is 10.2 Å². The SMILES string of the molecule is CCN(CC(=O)NCc1ccc(F)cc1)C(=O)CCc1c(C)nc2c(C#N)cnn2c1C. The van der Waals surface area contributed by atoms with Crippen LogP contribution in [-0.2, 0) is 22.6 Å². The molecule has 32 heavy (non-hydrogen) atoms. The molecular weight excluding hydrogens is 411 g/mol. The first kappa shape index (κ1) is 22.9. The largest absolute Gasteiger partial charge is 0.350 e. The fourth-order valence-electron chi connectivity index (χ4n) is 3.55. The molecule has 1 N–H and O–H groups in total. The minimum absolute atomic E-state index is 0.0452. The first-order valence-electron chi connectivity index (χ1n) is 10.4. The number of nitrogens with one attached hydrogen (secondary N) is 1. The summed E-state index contributed by atoms with van der Waals surface area (Å²) in [6.45, 7) is 6.18. The highest BCUT2D eigenvalue weighted by Gasteiger charge is 2.18. The zero-order valence-corrected chi connectivity index (χ0v) is 18.4. The average molecular weight is 436 g/mol. The Morgan fingerprint density at radius 3 is 2.62 bits per heavy atom. The molecule has 2 aromatic heterocycles. The normalized spacial score (nSPS) is 10.7. The van der Waals surface area contributed by atoms with E-state index in [0.29, 0.717) is 24.2 Å². The standard InChI is InChI=1S/C23H25FN6O2/c1-4-29(14-21(31)26-12-17-5-7-19(24)8-6-17)22(32)10-9-20-15(2)28-23-18(11-25)13-27-30(23)16(20)3/h5-8,13H,4,9-10,12,14H2,1-3H3,(H,26,31). The number of aryl methyl sites for hydroxylation is 2. The highest BCUT2D eigenvalue weighted by molar-refractivity contribution is 5.84. The quantitative estimate of drug-likeness (QED) is 0.584. The minimum Gasteiger partial charge on any atom is -0.350 e. The second kappa shape index (κ2) is 10.0. The summed E-state index contributed by atoms with van der Waals surface area (Å²) in [6, 6.07) is 7.96. The molecule has 0 radical (unpaired) electrons. The van der Waals surface area contributed by atoms with Crippen molar-refractivity contribution in [2.45, 2.75) is 40.2 Å². The van der Waals surface area contributed by atoms with Gasteiger partial charge in [-0.25, -0.2) is 13.9 Å². The van der Waals surface area contributed by atoms with Crippen molar-refractivity contribution in [3.63, 3.8) is 0 Å². The molecule has 0 fully saturated rings. The zero-order chi connectivity index (χ0) is 23.3. The Hall–Kier alpha value is -3.80. The molecule has 1 aromatic carbocycles. The van der Waals surface area contributed by atoms with Crippen LogP contribution < -0.4 is 5.32 Å². The van der Waals surface area contributed by atoms with Crippen LogP contribution in [-0.4, -0.2) is 44.4 Å². The van der Waals surface area contributed by atoms with Gasteiger partial charge in [-0.15, -0.1) is 0 Å². The van der Waals surface area contributed by atoms with Gasteiger partial charge in [-0.2, -0.15) is 10.4 Å². The third-order valence-corrected chi connectivity index (χ3v) is 5.39. The van der Waals surface area contributed by atoms with Crippen LogP contribution in [0.5, 0.6) is 0 Å². The second-order valence-electron chi connectivity index (χ2n) is 7.48. The van der Waals surface area contributed by atoms with Crippen molar-refractivity contribution < 1.29 is 14.0 Å². The summed E-state index contributed by atoms with van der Waals surface area (Å²) in [6.07, 6.45) is 2.16. The summed E-state index contributed by atoms with van der Waals surface area (Å²) < 4.78 is 14.6. The molecule has 2 heterocycles. The highest BCUT2D eigenvalue weighted by atomic mass is 19.1. The third kappa shape index (κ3) is 5.09. The van der Waals surface area contributed by atoms with E-state index < -0.39 is 0 Å². The Morgan fingerprint density at radius 2 is 1.97 bits per heavy atom. The van der Waals surface area contributed by atoms with Gasteiger partial charge in [-0.05, 0) is 50.5 Å². The van der Waals surface area contributed by atoms with Crippen LogP contribution in [0.2, 0.25) is 0 Å².